The Labute approximate surface area is 222 Å². The zero-order chi connectivity index (χ0) is 27.6. The van der Waals surface area contributed by atoms with Crippen LogP contribution in [0.3, 0.4) is 0 Å². The van der Waals surface area contributed by atoms with Gasteiger partial charge in [-0.3, -0.25) is 9.36 Å². The number of pyridine rings is 1. The highest BCUT2D eigenvalue weighted by atomic mass is 19.1. The molecule has 5 heterocycles. The molecule has 2 fully saturated rings. The molecule has 2 atom stereocenters. The largest absolute Gasteiger partial charge is 0.507 e. The molecule has 39 heavy (non-hydrogen) atoms. The van der Waals surface area contributed by atoms with Crippen LogP contribution in [0.5, 0.6) is 11.5 Å². The van der Waals surface area contributed by atoms with Gasteiger partial charge >= 0.3 is 5.69 Å². The monoisotopic (exact) mass is 539 g/mol. The van der Waals surface area contributed by atoms with E-state index in [0.717, 1.165) is 6.07 Å². The Morgan fingerprint density at radius 3 is 2.72 bits per heavy atom. The molecule has 0 bridgehead atoms. The second kappa shape index (κ2) is 9.01. The van der Waals surface area contributed by atoms with Crippen LogP contribution in [0, 0.1) is 17.0 Å². The molecule has 0 saturated carbocycles. The van der Waals surface area contributed by atoms with Gasteiger partial charge in [-0.15, -0.1) is 0 Å². The maximum Gasteiger partial charge on any atom is 0.351 e. The molecule has 0 aliphatic carbocycles. The van der Waals surface area contributed by atoms with E-state index in [4.69, 9.17) is 9.47 Å². The SMILES string of the molecule is C=CC(=O)N1CCN2c3nc(=O)n([C@@H]4COCC4(C)C)c4nc(-c5c(O)cccc5F)c(F)c(c34)OC[C@H]2C1. The zero-order valence-electron chi connectivity index (χ0n) is 21.5. The van der Waals surface area contributed by atoms with Crippen molar-refractivity contribution in [1.82, 2.24) is 19.4 Å². The third kappa shape index (κ3) is 3.84. The molecule has 1 N–H and O–H groups in total. The van der Waals surface area contributed by atoms with Crippen molar-refractivity contribution < 1.29 is 28.2 Å². The summed E-state index contributed by atoms with van der Waals surface area (Å²) in [6.45, 7) is 8.84. The maximum absolute atomic E-state index is 16.2. The number of phenolic OH excluding ortho intramolecular Hbond substituents is 1. The van der Waals surface area contributed by atoms with E-state index in [-0.39, 0.29) is 48.3 Å². The molecular weight excluding hydrogens is 512 g/mol. The highest BCUT2D eigenvalue weighted by Crippen LogP contribution is 2.45. The van der Waals surface area contributed by atoms with Crippen molar-refractivity contribution in [3.05, 3.63) is 53.0 Å². The normalized spacial score (nSPS) is 21.8. The number of aromatic nitrogens is 3. The number of aromatic hydroxyl groups is 1. The maximum atomic E-state index is 16.2. The molecule has 0 radical (unpaired) electrons. The van der Waals surface area contributed by atoms with Gasteiger partial charge in [0.1, 0.15) is 35.1 Å². The summed E-state index contributed by atoms with van der Waals surface area (Å²) in [5, 5.41) is 10.6. The summed E-state index contributed by atoms with van der Waals surface area (Å²) < 4.78 is 44.3. The number of ether oxygens (including phenoxy) is 2. The van der Waals surface area contributed by atoms with E-state index >= 15 is 4.39 Å². The number of fused-ring (bicyclic) bond motifs is 2. The zero-order valence-corrected chi connectivity index (χ0v) is 21.5. The lowest BCUT2D eigenvalue weighted by molar-refractivity contribution is -0.126. The molecule has 1 aromatic carbocycles. The summed E-state index contributed by atoms with van der Waals surface area (Å²) in [6.07, 6.45) is 1.22. The molecule has 204 valence electrons. The second-order valence-electron chi connectivity index (χ2n) is 10.7. The first-order valence-electron chi connectivity index (χ1n) is 12.6. The van der Waals surface area contributed by atoms with Gasteiger partial charge in [-0.25, -0.2) is 18.6 Å². The Kier molecular flexibility index (Phi) is 5.83. The number of phenols is 1. The van der Waals surface area contributed by atoms with Gasteiger partial charge in [0.15, 0.2) is 17.2 Å². The molecule has 3 aliphatic rings. The molecule has 3 aromatic rings. The molecule has 3 aliphatic heterocycles. The van der Waals surface area contributed by atoms with E-state index < -0.39 is 51.8 Å². The van der Waals surface area contributed by atoms with Gasteiger partial charge in [0.25, 0.3) is 0 Å². The van der Waals surface area contributed by atoms with Gasteiger partial charge in [0, 0.05) is 25.0 Å². The molecule has 12 heteroatoms. The molecule has 2 aromatic heterocycles. The van der Waals surface area contributed by atoms with Gasteiger partial charge < -0.3 is 24.4 Å². The van der Waals surface area contributed by atoms with Gasteiger partial charge in [0.2, 0.25) is 5.91 Å². The van der Waals surface area contributed by atoms with Crippen LogP contribution in [0.1, 0.15) is 19.9 Å². The first kappa shape index (κ1) is 25.2. The number of amides is 1. The number of hydrogen-bond acceptors (Lipinski definition) is 8. The van der Waals surface area contributed by atoms with Crippen LogP contribution in [0.25, 0.3) is 22.3 Å². The van der Waals surface area contributed by atoms with Crippen molar-refractivity contribution in [1.29, 1.82) is 0 Å². The predicted molar refractivity (Wildman–Crippen MR) is 138 cm³/mol. The third-order valence-electron chi connectivity index (χ3n) is 7.79. The van der Waals surface area contributed by atoms with Gasteiger partial charge in [-0.1, -0.05) is 26.5 Å². The summed E-state index contributed by atoms with van der Waals surface area (Å²) in [6, 6.07) is 2.66. The summed E-state index contributed by atoms with van der Waals surface area (Å²) in [5.41, 5.74) is -2.00. The van der Waals surface area contributed by atoms with E-state index in [9.17, 15) is 19.1 Å². The third-order valence-corrected chi connectivity index (χ3v) is 7.79. The number of piperazine rings is 1. The summed E-state index contributed by atoms with van der Waals surface area (Å²) in [4.78, 5) is 38.3. The van der Waals surface area contributed by atoms with Crippen molar-refractivity contribution in [2.24, 2.45) is 5.41 Å². The number of halogens is 2. The number of carbonyl (C=O) groups is 1. The second-order valence-corrected chi connectivity index (χ2v) is 10.7. The fourth-order valence-corrected chi connectivity index (χ4v) is 5.70. The molecule has 0 unspecified atom stereocenters. The van der Waals surface area contributed by atoms with E-state index in [2.05, 4.69) is 16.5 Å². The fraction of sp³-hybridized carbons (Fsp3) is 0.407. The first-order chi connectivity index (χ1) is 18.6. The highest BCUT2D eigenvalue weighted by Gasteiger charge is 2.42. The molecule has 6 rings (SSSR count). The van der Waals surface area contributed by atoms with Gasteiger partial charge in [-0.2, -0.15) is 4.98 Å². The summed E-state index contributed by atoms with van der Waals surface area (Å²) >= 11 is 0. The van der Waals surface area contributed by atoms with Gasteiger partial charge in [-0.05, 0) is 18.2 Å². The van der Waals surface area contributed by atoms with Crippen molar-refractivity contribution in [2.75, 3.05) is 44.4 Å². The van der Waals surface area contributed by atoms with Crippen molar-refractivity contribution in [3.8, 4) is 22.8 Å². The standard InChI is InChI=1S/C27H27F2N5O5/c1-4-18(36)32-8-9-33-14(10-32)11-39-23-20-24(33)31-26(37)34(17-12-38-13-27(17,2)3)25(20)30-22(21(23)29)19-15(28)6-5-7-16(19)35/h4-7,14,17,35H,1,8-13H2,2-3H3/t14-,17-/m1/s1. The Balaban J connectivity index is 1.65. The first-order valence-corrected chi connectivity index (χ1v) is 12.6. The minimum Gasteiger partial charge on any atom is -0.507 e. The van der Waals surface area contributed by atoms with Crippen LogP contribution >= 0.6 is 0 Å². The molecule has 10 nitrogen and oxygen atoms in total. The van der Waals surface area contributed by atoms with Crippen LogP contribution < -0.4 is 15.3 Å². The minimum atomic E-state index is -0.989. The number of rotatable bonds is 3. The van der Waals surface area contributed by atoms with E-state index in [0.29, 0.717) is 19.7 Å². The molecule has 2 saturated heterocycles. The Morgan fingerprint density at radius 2 is 2.03 bits per heavy atom. The molecule has 1 amide bonds. The highest BCUT2D eigenvalue weighted by molar-refractivity contribution is 5.96. The van der Waals surface area contributed by atoms with E-state index in [1.165, 1.54) is 22.8 Å². The topological polar surface area (TPSA) is 110 Å². The predicted octanol–water partition coefficient (Wildman–Crippen LogP) is 2.64. The van der Waals surface area contributed by atoms with Gasteiger partial charge in [0.05, 0.1) is 30.9 Å². The Bertz CT molecular complexity index is 1570. The lowest BCUT2D eigenvalue weighted by Gasteiger charge is -2.40. The van der Waals surface area contributed by atoms with Crippen molar-refractivity contribution in [2.45, 2.75) is 25.9 Å². The number of nitrogens with zero attached hydrogens (tertiary/aromatic N) is 5. The fourth-order valence-electron chi connectivity index (χ4n) is 5.70. The van der Waals surface area contributed by atoms with E-state index in [1.54, 1.807) is 4.90 Å². The number of benzene rings is 1. The lowest BCUT2D eigenvalue weighted by Crippen LogP contribution is -2.56. The Hall–Kier alpha value is -4.06. The molecule has 0 spiro atoms. The van der Waals surface area contributed by atoms with Crippen LogP contribution in [0.2, 0.25) is 0 Å². The average Bonchev–Trinajstić information content (AvgIpc) is 3.16. The smallest absolute Gasteiger partial charge is 0.351 e. The minimum absolute atomic E-state index is 0.0395. The summed E-state index contributed by atoms with van der Waals surface area (Å²) in [5.74, 6) is -2.70. The lowest BCUT2D eigenvalue weighted by atomic mass is 9.87. The Morgan fingerprint density at radius 1 is 1.23 bits per heavy atom. The number of anilines is 1. The van der Waals surface area contributed by atoms with Crippen LogP contribution in [-0.4, -0.2) is 75.9 Å². The van der Waals surface area contributed by atoms with E-state index in [1.807, 2.05) is 18.7 Å². The van der Waals surface area contributed by atoms with Crippen LogP contribution in [0.4, 0.5) is 14.6 Å². The average molecular weight is 540 g/mol. The van der Waals surface area contributed by atoms with Crippen LogP contribution in [-0.2, 0) is 9.53 Å². The number of carbonyl (C=O) groups excluding carboxylic acids is 1. The van der Waals surface area contributed by atoms with Crippen molar-refractivity contribution in [3.63, 3.8) is 0 Å². The van der Waals surface area contributed by atoms with Crippen LogP contribution in [0.15, 0.2) is 35.6 Å². The molecular formula is C27H27F2N5O5. The van der Waals surface area contributed by atoms with Crippen molar-refractivity contribution >= 4 is 22.8 Å². The quantitative estimate of drug-likeness (QED) is 0.506. The summed E-state index contributed by atoms with van der Waals surface area (Å²) in [7, 11) is 0. The number of hydrogen-bond donors (Lipinski definition) is 1.